The van der Waals surface area contributed by atoms with E-state index in [0.717, 1.165) is 6.42 Å². The van der Waals surface area contributed by atoms with Gasteiger partial charge in [0.05, 0.1) is 13.7 Å². The average Bonchev–Trinajstić information content (AvgIpc) is 2.25. The zero-order chi connectivity index (χ0) is 11.3. The molecule has 0 saturated carbocycles. The van der Waals surface area contributed by atoms with Crippen LogP contribution in [0.4, 0.5) is 0 Å². The fourth-order valence-electron chi connectivity index (χ4n) is 1.36. The number of rotatable bonds is 5. The van der Waals surface area contributed by atoms with Gasteiger partial charge in [0.15, 0.2) is 5.78 Å². The van der Waals surface area contributed by atoms with Crippen LogP contribution in [0.5, 0.6) is 11.5 Å². The number of hydrogen-bond donors (Lipinski definition) is 0. The van der Waals surface area contributed by atoms with Crippen molar-refractivity contribution in [2.45, 2.75) is 20.3 Å². The quantitative estimate of drug-likeness (QED) is 0.698. The Balaban J connectivity index is 3.07. The molecule has 15 heavy (non-hydrogen) atoms. The van der Waals surface area contributed by atoms with Gasteiger partial charge < -0.3 is 9.47 Å². The van der Waals surface area contributed by atoms with Gasteiger partial charge in [0, 0.05) is 0 Å². The molecule has 0 N–H and O–H groups in total. The highest BCUT2D eigenvalue weighted by Gasteiger charge is 2.14. The minimum atomic E-state index is -0.0430. The molecule has 0 atom stereocenters. The average molecular weight is 208 g/mol. The largest absolute Gasteiger partial charge is 0.496 e. The van der Waals surface area contributed by atoms with Crippen molar-refractivity contribution in [1.29, 1.82) is 0 Å². The Morgan fingerprint density at radius 3 is 2.53 bits per heavy atom. The van der Waals surface area contributed by atoms with E-state index in [-0.39, 0.29) is 5.78 Å². The number of benzene rings is 1. The molecule has 0 unspecified atom stereocenters. The zero-order valence-corrected chi connectivity index (χ0v) is 9.37. The molecule has 0 bridgehead atoms. The van der Waals surface area contributed by atoms with Crippen LogP contribution >= 0.6 is 0 Å². The Bertz CT molecular complexity index is 345. The molecule has 0 spiro atoms. The number of carbonyl (C=O) groups excluding carboxylic acids is 1. The lowest BCUT2D eigenvalue weighted by Gasteiger charge is -2.12. The van der Waals surface area contributed by atoms with E-state index in [2.05, 4.69) is 0 Å². The van der Waals surface area contributed by atoms with E-state index < -0.39 is 0 Å². The van der Waals surface area contributed by atoms with E-state index in [1.54, 1.807) is 19.2 Å². The van der Waals surface area contributed by atoms with Gasteiger partial charge in [-0.05, 0) is 25.5 Å². The van der Waals surface area contributed by atoms with E-state index in [4.69, 9.17) is 9.47 Å². The molecule has 1 aromatic carbocycles. The first-order valence-corrected chi connectivity index (χ1v) is 5.01. The summed E-state index contributed by atoms with van der Waals surface area (Å²) in [6.07, 6.45) is 0.911. The maximum atomic E-state index is 11.4. The predicted molar refractivity (Wildman–Crippen MR) is 58.8 cm³/mol. The van der Waals surface area contributed by atoms with Crippen LogP contribution in [0, 0.1) is 0 Å². The smallest absolute Gasteiger partial charge is 0.167 e. The summed E-state index contributed by atoms with van der Waals surface area (Å²) in [5.41, 5.74) is 0.522. The van der Waals surface area contributed by atoms with E-state index >= 15 is 0 Å². The van der Waals surface area contributed by atoms with Crippen LogP contribution in [0.1, 0.15) is 30.6 Å². The number of methoxy groups -OCH3 is 1. The second-order valence-electron chi connectivity index (χ2n) is 3.24. The van der Waals surface area contributed by atoms with Gasteiger partial charge in [0.25, 0.3) is 0 Å². The number of hydrogen-bond acceptors (Lipinski definition) is 3. The number of carbonyl (C=O) groups is 1. The van der Waals surface area contributed by atoms with Crippen molar-refractivity contribution >= 4 is 5.78 Å². The van der Waals surface area contributed by atoms with Gasteiger partial charge in [0.1, 0.15) is 17.1 Å². The van der Waals surface area contributed by atoms with Crippen molar-refractivity contribution in [2.24, 2.45) is 0 Å². The Morgan fingerprint density at radius 1 is 1.33 bits per heavy atom. The fraction of sp³-hybridized carbons (Fsp3) is 0.417. The minimum Gasteiger partial charge on any atom is -0.496 e. The number of Topliss-reactive ketones (excluding diaryl/α,β-unsaturated/α-hetero) is 1. The minimum absolute atomic E-state index is 0.0430. The summed E-state index contributed by atoms with van der Waals surface area (Å²) in [4.78, 5) is 11.4. The molecule has 0 aliphatic heterocycles. The summed E-state index contributed by atoms with van der Waals surface area (Å²) >= 11 is 0. The van der Waals surface area contributed by atoms with E-state index in [1.165, 1.54) is 6.92 Å². The van der Waals surface area contributed by atoms with Gasteiger partial charge in [-0.3, -0.25) is 4.79 Å². The molecule has 0 saturated heterocycles. The summed E-state index contributed by atoms with van der Waals surface area (Å²) < 4.78 is 10.6. The maximum Gasteiger partial charge on any atom is 0.167 e. The number of ketones is 1. The number of ether oxygens (including phenoxy) is 2. The van der Waals surface area contributed by atoms with Crippen molar-refractivity contribution in [2.75, 3.05) is 13.7 Å². The molecule has 1 rings (SSSR count). The Kier molecular flexibility index (Phi) is 4.16. The van der Waals surface area contributed by atoms with Gasteiger partial charge in [-0.25, -0.2) is 0 Å². The molecule has 0 heterocycles. The molecule has 3 nitrogen and oxygen atoms in total. The molecular weight excluding hydrogens is 192 g/mol. The fourth-order valence-corrected chi connectivity index (χ4v) is 1.36. The molecule has 1 aromatic rings. The highest BCUT2D eigenvalue weighted by Crippen LogP contribution is 2.28. The third-order valence-corrected chi connectivity index (χ3v) is 2.02. The van der Waals surface area contributed by atoms with Crippen LogP contribution in [0.3, 0.4) is 0 Å². The Morgan fingerprint density at radius 2 is 2.00 bits per heavy atom. The van der Waals surface area contributed by atoms with Crippen LogP contribution < -0.4 is 9.47 Å². The topological polar surface area (TPSA) is 35.5 Å². The van der Waals surface area contributed by atoms with Gasteiger partial charge in [0.2, 0.25) is 0 Å². The van der Waals surface area contributed by atoms with Gasteiger partial charge in [-0.2, -0.15) is 0 Å². The van der Waals surface area contributed by atoms with E-state index in [0.29, 0.717) is 23.7 Å². The molecule has 82 valence electrons. The second-order valence-corrected chi connectivity index (χ2v) is 3.24. The Hall–Kier alpha value is -1.51. The van der Waals surface area contributed by atoms with Gasteiger partial charge in [-0.15, -0.1) is 0 Å². The highest BCUT2D eigenvalue weighted by atomic mass is 16.5. The first-order chi connectivity index (χ1) is 7.20. The molecule has 0 aliphatic carbocycles. The molecule has 3 heteroatoms. The summed E-state index contributed by atoms with van der Waals surface area (Å²) in [5, 5.41) is 0. The third-order valence-electron chi connectivity index (χ3n) is 2.02. The van der Waals surface area contributed by atoms with Crippen molar-refractivity contribution in [1.82, 2.24) is 0 Å². The first-order valence-electron chi connectivity index (χ1n) is 5.01. The SMILES string of the molecule is CCCOc1cccc(OC)c1C(C)=O. The second kappa shape index (κ2) is 5.39. The maximum absolute atomic E-state index is 11.4. The lowest BCUT2D eigenvalue weighted by Crippen LogP contribution is -2.04. The van der Waals surface area contributed by atoms with E-state index in [9.17, 15) is 4.79 Å². The molecular formula is C12H16O3. The van der Waals surface area contributed by atoms with Crippen LogP contribution in [0.15, 0.2) is 18.2 Å². The summed E-state index contributed by atoms with van der Waals surface area (Å²) in [7, 11) is 1.55. The van der Waals surface area contributed by atoms with E-state index in [1.807, 2.05) is 13.0 Å². The molecule has 0 aliphatic rings. The lowest BCUT2D eigenvalue weighted by molar-refractivity contribution is 0.101. The van der Waals surface area contributed by atoms with Gasteiger partial charge >= 0.3 is 0 Å². The third kappa shape index (κ3) is 2.72. The van der Waals surface area contributed by atoms with Crippen molar-refractivity contribution < 1.29 is 14.3 Å². The molecule has 0 radical (unpaired) electrons. The molecule has 0 fully saturated rings. The van der Waals surface area contributed by atoms with Crippen molar-refractivity contribution in [3.63, 3.8) is 0 Å². The lowest BCUT2D eigenvalue weighted by atomic mass is 10.1. The standard InChI is InChI=1S/C12H16O3/c1-4-8-15-11-7-5-6-10(14-3)12(11)9(2)13/h5-7H,4,8H2,1-3H3. The predicted octanol–water partition coefficient (Wildman–Crippen LogP) is 2.69. The summed E-state index contributed by atoms with van der Waals surface area (Å²) in [5.74, 6) is 1.12. The first kappa shape index (κ1) is 11.6. The van der Waals surface area contributed by atoms with Crippen molar-refractivity contribution in [3.8, 4) is 11.5 Å². The molecule has 0 amide bonds. The highest BCUT2D eigenvalue weighted by molar-refractivity contribution is 5.99. The monoisotopic (exact) mass is 208 g/mol. The van der Waals surface area contributed by atoms with Crippen LogP contribution in [0.2, 0.25) is 0 Å². The summed E-state index contributed by atoms with van der Waals surface area (Å²) in [6.45, 7) is 4.14. The zero-order valence-electron chi connectivity index (χ0n) is 9.37. The normalized spacial score (nSPS) is 9.80. The van der Waals surface area contributed by atoms with Crippen LogP contribution in [0.25, 0.3) is 0 Å². The van der Waals surface area contributed by atoms with Crippen LogP contribution in [-0.4, -0.2) is 19.5 Å². The Labute approximate surface area is 90.0 Å². The van der Waals surface area contributed by atoms with Crippen molar-refractivity contribution in [3.05, 3.63) is 23.8 Å². The summed E-state index contributed by atoms with van der Waals surface area (Å²) in [6, 6.07) is 5.36. The van der Waals surface area contributed by atoms with Gasteiger partial charge in [-0.1, -0.05) is 13.0 Å². The molecule has 0 aromatic heterocycles. The van der Waals surface area contributed by atoms with Crippen LogP contribution in [-0.2, 0) is 0 Å².